The summed E-state index contributed by atoms with van der Waals surface area (Å²) < 4.78 is 0. The first-order valence-corrected chi connectivity index (χ1v) is 12.7. The highest BCUT2D eigenvalue weighted by Gasteiger charge is 2.29. The van der Waals surface area contributed by atoms with Crippen LogP contribution in [0.4, 0.5) is 5.82 Å². The van der Waals surface area contributed by atoms with Crippen molar-refractivity contribution in [3.05, 3.63) is 113 Å². The predicted octanol–water partition coefficient (Wildman–Crippen LogP) is 4.85. The van der Waals surface area contributed by atoms with Gasteiger partial charge in [-0.3, -0.25) is 9.59 Å². The van der Waals surface area contributed by atoms with Crippen LogP contribution in [-0.4, -0.2) is 32.1 Å². The number of carbonyl (C=O) groups excluding carboxylic acids is 2. The lowest BCUT2D eigenvalue weighted by atomic mass is 9.99. The first kappa shape index (κ1) is 24.4. The molecule has 4 aromatic rings. The first-order valence-electron chi connectivity index (χ1n) is 12.7. The van der Waals surface area contributed by atoms with Gasteiger partial charge >= 0.3 is 0 Å². The Bertz CT molecular complexity index is 1220. The maximum absolute atomic E-state index is 12.4. The molecule has 0 unspecified atom stereocenters. The summed E-state index contributed by atoms with van der Waals surface area (Å²) >= 11 is 0. The fraction of sp³-hybridized carbons (Fsp3) is 0.267. The number of nitrogens with one attached hydrogen (secondary N) is 1. The molecule has 7 heteroatoms. The molecule has 2 aromatic heterocycles. The summed E-state index contributed by atoms with van der Waals surface area (Å²) in [5, 5.41) is 20.2. The maximum Gasteiger partial charge on any atom is 0.229 e. The molecular formula is C30H29N5O2. The summed E-state index contributed by atoms with van der Waals surface area (Å²) in [4.78, 5) is 24.7. The van der Waals surface area contributed by atoms with Gasteiger partial charge in [0.25, 0.3) is 0 Å². The van der Waals surface area contributed by atoms with Gasteiger partial charge in [0.15, 0.2) is 5.82 Å². The number of carbonyl (C=O) groups is 2. The van der Waals surface area contributed by atoms with E-state index in [-0.39, 0.29) is 11.7 Å². The largest absolute Gasteiger partial charge is 0.309 e. The van der Waals surface area contributed by atoms with Crippen LogP contribution in [0.2, 0.25) is 0 Å². The molecule has 1 fully saturated rings. The molecule has 1 aliphatic carbocycles. The van der Waals surface area contributed by atoms with E-state index in [1.165, 1.54) is 0 Å². The van der Waals surface area contributed by atoms with Gasteiger partial charge in [0, 0.05) is 18.3 Å². The molecule has 37 heavy (non-hydrogen) atoms. The molecule has 0 spiro atoms. The minimum absolute atomic E-state index is 0.113. The second-order valence-corrected chi connectivity index (χ2v) is 9.59. The van der Waals surface area contributed by atoms with Crippen molar-refractivity contribution in [2.75, 3.05) is 5.32 Å². The Morgan fingerprint density at radius 1 is 0.649 bits per heavy atom. The minimum Gasteiger partial charge on any atom is -0.309 e. The number of Topliss-reactive ketones (excluding diaryl/α,β-unsaturated/α-hetero) is 1. The van der Waals surface area contributed by atoms with Crippen LogP contribution >= 0.6 is 0 Å². The number of benzene rings is 2. The molecule has 0 bridgehead atoms. The number of ketones is 1. The zero-order valence-electron chi connectivity index (χ0n) is 20.6. The highest BCUT2D eigenvalue weighted by atomic mass is 16.1. The van der Waals surface area contributed by atoms with Gasteiger partial charge in [-0.2, -0.15) is 15.3 Å². The maximum atomic E-state index is 12.4. The molecule has 2 heterocycles. The molecule has 2 aromatic carbocycles. The molecule has 1 N–H and O–H groups in total. The molecule has 2 atom stereocenters. The lowest BCUT2D eigenvalue weighted by molar-refractivity contribution is -0.118. The molecule has 1 aliphatic rings. The van der Waals surface area contributed by atoms with Gasteiger partial charge in [0.05, 0.1) is 29.9 Å². The van der Waals surface area contributed by atoms with E-state index in [0.29, 0.717) is 42.6 Å². The lowest BCUT2D eigenvalue weighted by Gasteiger charge is -2.11. The third kappa shape index (κ3) is 6.70. The standard InChI is InChI=1S/C30H29N5O2/c36-26(17-21-7-3-1-4-8-21)20-25-13-14-27(33-32-25)23-11-12-24(19-23)28-15-16-29(35-34-28)31-30(37)18-22-9-5-2-6-10-22/h1-10,13-16,23-24H,11-12,17-20H2,(H,31,35,37)/t23-,24-/m1/s1. The van der Waals surface area contributed by atoms with E-state index in [1.54, 1.807) is 0 Å². The second kappa shape index (κ2) is 11.6. The molecular weight excluding hydrogens is 462 g/mol. The fourth-order valence-corrected chi connectivity index (χ4v) is 4.88. The van der Waals surface area contributed by atoms with E-state index < -0.39 is 0 Å². The van der Waals surface area contributed by atoms with Gasteiger partial charge in [-0.25, -0.2) is 0 Å². The number of anilines is 1. The fourth-order valence-electron chi connectivity index (χ4n) is 4.88. The SMILES string of the molecule is O=C(Cc1ccccc1)Cc1ccc([C@@H]2CC[C@@H](c3ccc(NC(=O)Cc4ccccc4)nn3)C2)nn1. The van der Waals surface area contributed by atoms with Crippen LogP contribution in [0.1, 0.15) is 59.3 Å². The van der Waals surface area contributed by atoms with E-state index in [4.69, 9.17) is 0 Å². The third-order valence-corrected chi connectivity index (χ3v) is 6.79. The lowest BCUT2D eigenvalue weighted by Crippen LogP contribution is -2.16. The topological polar surface area (TPSA) is 97.7 Å². The van der Waals surface area contributed by atoms with Gasteiger partial charge < -0.3 is 5.32 Å². The van der Waals surface area contributed by atoms with Crippen molar-refractivity contribution in [1.82, 2.24) is 20.4 Å². The monoisotopic (exact) mass is 491 g/mol. The van der Waals surface area contributed by atoms with Crippen LogP contribution in [0.5, 0.6) is 0 Å². The van der Waals surface area contributed by atoms with Crippen LogP contribution in [0.3, 0.4) is 0 Å². The van der Waals surface area contributed by atoms with Gasteiger partial charge in [0.2, 0.25) is 5.91 Å². The van der Waals surface area contributed by atoms with Crippen LogP contribution in [0.15, 0.2) is 84.9 Å². The average molecular weight is 492 g/mol. The summed E-state index contributed by atoms with van der Waals surface area (Å²) in [6, 6.07) is 27.1. The van der Waals surface area contributed by atoms with Crippen LogP contribution in [0.25, 0.3) is 0 Å². The van der Waals surface area contributed by atoms with E-state index >= 15 is 0 Å². The van der Waals surface area contributed by atoms with Crippen LogP contribution in [-0.2, 0) is 28.9 Å². The van der Waals surface area contributed by atoms with Gasteiger partial charge in [-0.1, -0.05) is 60.7 Å². The van der Waals surface area contributed by atoms with Crippen molar-refractivity contribution in [1.29, 1.82) is 0 Å². The number of aromatic nitrogens is 4. The Hall–Kier alpha value is -4.26. The minimum atomic E-state index is -0.113. The first-order chi connectivity index (χ1) is 18.1. The Labute approximate surface area is 216 Å². The number of nitrogens with zero attached hydrogens (tertiary/aromatic N) is 4. The molecule has 5 rings (SSSR count). The second-order valence-electron chi connectivity index (χ2n) is 9.59. The molecule has 0 aliphatic heterocycles. The molecule has 0 radical (unpaired) electrons. The highest BCUT2D eigenvalue weighted by Crippen LogP contribution is 2.42. The summed E-state index contributed by atoms with van der Waals surface area (Å²) in [6.45, 7) is 0. The van der Waals surface area contributed by atoms with Gasteiger partial charge in [0.1, 0.15) is 5.78 Å². The van der Waals surface area contributed by atoms with Crippen molar-refractivity contribution in [3.8, 4) is 0 Å². The molecule has 7 nitrogen and oxygen atoms in total. The van der Waals surface area contributed by atoms with Gasteiger partial charge in [-0.15, -0.1) is 5.10 Å². The number of hydrogen-bond donors (Lipinski definition) is 1. The van der Waals surface area contributed by atoms with Crippen molar-refractivity contribution >= 4 is 17.5 Å². The molecule has 0 saturated heterocycles. The third-order valence-electron chi connectivity index (χ3n) is 6.79. The molecule has 1 saturated carbocycles. The van der Waals surface area contributed by atoms with Crippen molar-refractivity contribution in [3.63, 3.8) is 0 Å². The average Bonchev–Trinajstić information content (AvgIpc) is 3.41. The zero-order valence-corrected chi connectivity index (χ0v) is 20.6. The molecule has 1 amide bonds. The van der Waals surface area contributed by atoms with E-state index in [0.717, 1.165) is 41.8 Å². The van der Waals surface area contributed by atoms with E-state index in [2.05, 4.69) is 25.7 Å². The predicted molar refractivity (Wildman–Crippen MR) is 141 cm³/mol. The highest BCUT2D eigenvalue weighted by molar-refractivity contribution is 5.91. The number of hydrogen-bond acceptors (Lipinski definition) is 6. The van der Waals surface area contributed by atoms with E-state index in [9.17, 15) is 9.59 Å². The summed E-state index contributed by atoms with van der Waals surface area (Å²) in [7, 11) is 0. The Balaban J connectivity index is 1.12. The summed E-state index contributed by atoms with van der Waals surface area (Å²) in [5.41, 5.74) is 4.56. The van der Waals surface area contributed by atoms with Crippen molar-refractivity contribution < 1.29 is 9.59 Å². The Morgan fingerprint density at radius 2 is 1.24 bits per heavy atom. The number of rotatable bonds is 9. The van der Waals surface area contributed by atoms with Crippen molar-refractivity contribution in [2.24, 2.45) is 0 Å². The zero-order chi connectivity index (χ0) is 25.5. The smallest absolute Gasteiger partial charge is 0.229 e. The van der Waals surface area contributed by atoms with Gasteiger partial charge in [-0.05, 0) is 54.7 Å². The van der Waals surface area contributed by atoms with Crippen molar-refractivity contribution in [2.45, 2.75) is 50.4 Å². The van der Waals surface area contributed by atoms with E-state index in [1.807, 2.05) is 84.9 Å². The molecule has 186 valence electrons. The summed E-state index contributed by atoms with van der Waals surface area (Å²) in [5.74, 6) is 1.08. The quantitative estimate of drug-likeness (QED) is 0.359. The summed E-state index contributed by atoms with van der Waals surface area (Å²) in [6.07, 6.45) is 3.93. The van der Waals surface area contributed by atoms with Crippen LogP contribution in [0, 0.1) is 0 Å². The number of amides is 1. The Kier molecular flexibility index (Phi) is 7.69. The Morgan fingerprint density at radius 3 is 1.81 bits per heavy atom. The normalized spacial score (nSPS) is 16.9. The van der Waals surface area contributed by atoms with Crippen LogP contribution < -0.4 is 5.32 Å².